The summed E-state index contributed by atoms with van der Waals surface area (Å²) in [6.45, 7) is 3.50. The van der Waals surface area contributed by atoms with Gasteiger partial charge in [-0.25, -0.2) is 4.57 Å². The van der Waals surface area contributed by atoms with Crippen LogP contribution in [0, 0.1) is 0 Å². The van der Waals surface area contributed by atoms with E-state index >= 15 is 0 Å². The van der Waals surface area contributed by atoms with Gasteiger partial charge in [0.1, 0.15) is 12.1 Å². The number of carbonyl (C=O) groups is 2. The van der Waals surface area contributed by atoms with Crippen LogP contribution in [-0.4, -0.2) is 60.5 Å². The van der Waals surface area contributed by atoms with Crippen molar-refractivity contribution >= 4 is 19.8 Å². The van der Waals surface area contributed by atoms with Crippen LogP contribution in [0.25, 0.3) is 0 Å². The maximum absolute atomic E-state index is 12.7. The first-order valence-corrected chi connectivity index (χ1v) is 27.4. The lowest BCUT2D eigenvalue weighted by Crippen LogP contribution is -2.34. The van der Waals surface area contributed by atoms with E-state index in [0.29, 0.717) is 13.0 Å². The van der Waals surface area contributed by atoms with Gasteiger partial charge in [0.15, 0.2) is 0 Å². The molecule has 11 heteroatoms. The van der Waals surface area contributed by atoms with Crippen LogP contribution in [0.3, 0.4) is 0 Å². The SMILES string of the molecule is CC/C=C\C/C=C\C/C=C\C/C=C\C/C=C\C/C=C\C/C=C\CCCCOCC(COP(=O)(O)OCC(N)C(=O)O)OC(=O)CCCCCCCCC/C=C\C/C=C\C/C=C\C/C=C\C/C=C\CC. The van der Waals surface area contributed by atoms with E-state index in [1.165, 1.54) is 12.8 Å². The Balaban J connectivity index is 4.31. The van der Waals surface area contributed by atoms with E-state index in [9.17, 15) is 19.0 Å². The van der Waals surface area contributed by atoms with E-state index in [1.807, 2.05) is 0 Å². The summed E-state index contributed by atoms with van der Waals surface area (Å²) in [5.74, 6) is -1.82. The lowest BCUT2D eigenvalue weighted by molar-refractivity contribution is -0.154. The molecule has 388 valence electrons. The number of carboxylic acids is 1. The third-order valence-corrected chi connectivity index (χ3v) is 11.1. The Kier molecular flexibility index (Phi) is 48.6. The number of phosphoric acid groups is 1. The molecule has 0 aliphatic carbocycles. The van der Waals surface area contributed by atoms with E-state index in [0.717, 1.165) is 128 Å². The van der Waals surface area contributed by atoms with Crippen molar-refractivity contribution in [1.82, 2.24) is 0 Å². The van der Waals surface area contributed by atoms with E-state index in [2.05, 4.69) is 160 Å². The summed E-state index contributed by atoms with van der Waals surface area (Å²) in [4.78, 5) is 33.7. The summed E-state index contributed by atoms with van der Waals surface area (Å²) >= 11 is 0. The fraction of sp³-hybridized carbons (Fsp3) is 0.552. The number of hydrogen-bond acceptors (Lipinski definition) is 8. The van der Waals surface area contributed by atoms with E-state index in [4.69, 9.17) is 29.4 Å². The minimum absolute atomic E-state index is 0.0292. The summed E-state index contributed by atoms with van der Waals surface area (Å²) < 4.78 is 33.5. The van der Waals surface area contributed by atoms with Gasteiger partial charge in [0, 0.05) is 13.0 Å². The van der Waals surface area contributed by atoms with Gasteiger partial charge < -0.3 is 25.2 Å². The van der Waals surface area contributed by atoms with Crippen molar-refractivity contribution in [3.63, 3.8) is 0 Å². The first-order valence-electron chi connectivity index (χ1n) is 25.9. The van der Waals surface area contributed by atoms with Crippen LogP contribution in [0.2, 0.25) is 0 Å². The highest BCUT2D eigenvalue weighted by Gasteiger charge is 2.27. The van der Waals surface area contributed by atoms with Gasteiger partial charge in [-0.3, -0.25) is 18.6 Å². The summed E-state index contributed by atoms with van der Waals surface area (Å²) in [5, 5.41) is 8.94. The first-order chi connectivity index (χ1) is 33.7. The molecule has 0 saturated heterocycles. The van der Waals surface area contributed by atoms with Crippen molar-refractivity contribution in [2.24, 2.45) is 5.73 Å². The Bertz CT molecular complexity index is 1650. The van der Waals surface area contributed by atoms with E-state index < -0.39 is 45.1 Å². The molecule has 0 aromatic rings. The molecule has 4 N–H and O–H groups in total. The van der Waals surface area contributed by atoms with Crippen molar-refractivity contribution in [3.8, 4) is 0 Å². The van der Waals surface area contributed by atoms with Crippen molar-refractivity contribution in [2.45, 2.75) is 180 Å². The van der Waals surface area contributed by atoms with Crippen molar-refractivity contribution in [2.75, 3.05) is 26.4 Å². The Morgan fingerprint density at radius 1 is 0.464 bits per heavy atom. The molecule has 0 aliphatic heterocycles. The number of ether oxygens (including phenoxy) is 2. The molecule has 10 nitrogen and oxygen atoms in total. The topological polar surface area (TPSA) is 155 Å². The molecular formula is C58H92NO9P. The molecule has 0 saturated carbocycles. The van der Waals surface area contributed by atoms with Gasteiger partial charge >= 0.3 is 19.8 Å². The standard InChI is InChI=1S/C58H92NO9P/c1-3-5-7-9-11-13-15-17-19-21-23-25-27-29-31-33-35-37-39-41-43-45-47-49-51-65-52-55(53-66-69(63,64)67-54-56(59)58(61)62)68-57(60)50-48-46-44-42-40-38-36-34-32-30-28-26-24-22-20-18-16-14-12-10-8-6-4-2/h5-8,11-14,17-20,23-26,29-32,35,37,41,43,55-56H,3-4,9-10,15-16,21-22,27-28,33-34,36,38-40,42,44-54,59H2,1-2H3,(H,61,62)(H,63,64)/b7-5-,8-6-,13-11-,14-12-,19-17-,20-18-,25-23-,26-24-,31-29-,32-30-,37-35-,43-41-. The number of carbonyl (C=O) groups excluding carboxylic acids is 1. The van der Waals surface area contributed by atoms with Gasteiger partial charge in [-0.1, -0.05) is 192 Å². The van der Waals surface area contributed by atoms with Crippen molar-refractivity contribution in [1.29, 1.82) is 0 Å². The summed E-state index contributed by atoms with van der Waals surface area (Å²) in [5.41, 5.74) is 5.37. The van der Waals surface area contributed by atoms with Crippen molar-refractivity contribution < 1.29 is 42.7 Å². The number of esters is 1. The molecule has 69 heavy (non-hydrogen) atoms. The number of phosphoric ester groups is 1. The Morgan fingerprint density at radius 2 is 0.797 bits per heavy atom. The highest BCUT2D eigenvalue weighted by molar-refractivity contribution is 7.47. The van der Waals surface area contributed by atoms with Crippen LogP contribution in [0.15, 0.2) is 146 Å². The van der Waals surface area contributed by atoms with Crippen molar-refractivity contribution in [3.05, 3.63) is 146 Å². The van der Waals surface area contributed by atoms with Crippen LogP contribution in [0.4, 0.5) is 0 Å². The van der Waals surface area contributed by atoms with Crippen LogP contribution < -0.4 is 5.73 Å². The van der Waals surface area contributed by atoms with Gasteiger partial charge in [0.2, 0.25) is 0 Å². The third-order valence-electron chi connectivity index (χ3n) is 10.1. The molecule has 0 amide bonds. The number of carboxylic acid groups (broad SMARTS) is 1. The second kappa shape index (κ2) is 51.7. The molecule has 3 unspecified atom stereocenters. The zero-order chi connectivity index (χ0) is 50.4. The minimum Gasteiger partial charge on any atom is -0.480 e. The molecule has 0 spiro atoms. The highest BCUT2D eigenvalue weighted by atomic mass is 31.2. The number of rotatable bonds is 47. The Morgan fingerprint density at radius 3 is 1.19 bits per heavy atom. The van der Waals surface area contributed by atoms with Gasteiger partial charge in [0.25, 0.3) is 0 Å². The average molecular weight is 978 g/mol. The number of allylic oxidation sites excluding steroid dienone is 24. The molecule has 0 heterocycles. The maximum Gasteiger partial charge on any atom is 0.472 e. The predicted molar refractivity (Wildman–Crippen MR) is 290 cm³/mol. The monoisotopic (exact) mass is 978 g/mol. The predicted octanol–water partition coefficient (Wildman–Crippen LogP) is 15.5. The number of aliphatic carboxylic acids is 1. The molecule has 3 atom stereocenters. The van der Waals surface area contributed by atoms with E-state index in [-0.39, 0.29) is 13.0 Å². The van der Waals surface area contributed by atoms with Crippen LogP contribution >= 0.6 is 7.82 Å². The lowest BCUT2D eigenvalue weighted by Gasteiger charge is -2.20. The molecule has 0 radical (unpaired) electrons. The number of hydrogen-bond donors (Lipinski definition) is 3. The smallest absolute Gasteiger partial charge is 0.472 e. The molecule has 0 rings (SSSR count). The Labute approximate surface area is 419 Å². The normalized spacial score (nSPS) is 14.8. The molecule has 0 aromatic heterocycles. The average Bonchev–Trinajstić information content (AvgIpc) is 3.33. The third kappa shape index (κ3) is 51.5. The number of unbranched alkanes of at least 4 members (excludes halogenated alkanes) is 9. The van der Waals surface area contributed by atoms with Gasteiger partial charge in [-0.15, -0.1) is 0 Å². The molecule has 0 aliphatic rings. The first kappa shape index (κ1) is 64.8. The lowest BCUT2D eigenvalue weighted by atomic mass is 10.1. The Hall–Kier alpha value is -4.15. The maximum atomic E-state index is 12.7. The molecular weight excluding hydrogens is 886 g/mol. The van der Waals surface area contributed by atoms with Crippen LogP contribution in [0.5, 0.6) is 0 Å². The second-order valence-corrected chi connectivity index (χ2v) is 18.0. The molecule has 0 aromatic carbocycles. The summed E-state index contributed by atoms with van der Waals surface area (Å²) in [6, 6.07) is -1.49. The summed E-state index contributed by atoms with van der Waals surface area (Å²) in [6.07, 6.45) is 74.8. The molecule has 0 fully saturated rings. The van der Waals surface area contributed by atoms with Gasteiger partial charge in [0.05, 0.1) is 19.8 Å². The second-order valence-electron chi connectivity index (χ2n) is 16.5. The van der Waals surface area contributed by atoms with Crippen LogP contribution in [0.1, 0.15) is 168 Å². The quantitative estimate of drug-likeness (QED) is 0.0232. The van der Waals surface area contributed by atoms with Gasteiger partial charge in [-0.2, -0.15) is 0 Å². The number of nitrogens with two attached hydrogens (primary N) is 1. The minimum atomic E-state index is -4.65. The fourth-order valence-electron chi connectivity index (χ4n) is 6.20. The largest absolute Gasteiger partial charge is 0.480 e. The van der Waals surface area contributed by atoms with Gasteiger partial charge in [-0.05, 0) is 116 Å². The zero-order valence-corrected chi connectivity index (χ0v) is 43.5. The molecule has 0 bridgehead atoms. The zero-order valence-electron chi connectivity index (χ0n) is 42.6. The van der Waals surface area contributed by atoms with Crippen LogP contribution in [-0.2, 0) is 32.7 Å². The highest BCUT2D eigenvalue weighted by Crippen LogP contribution is 2.43. The fourth-order valence-corrected chi connectivity index (χ4v) is 6.98. The van der Waals surface area contributed by atoms with E-state index in [1.54, 1.807) is 0 Å². The summed E-state index contributed by atoms with van der Waals surface area (Å²) in [7, 11) is -4.65.